The number of hydrogen-bond acceptors (Lipinski definition) is 5. The molecule has 1 aliphatic carbocycles. The van der Waals surface area contributed by atoms with E-state index in [0.717, 1.165) is 0 Å². The van der Waals surface area contributed by atoms with Crippen molar-refractivity contribution in [2.45, 2.75) is 25.4 Å². The van der Waals surface area contributed by atoms with Crippen molar-refractivity contribution < 1.29 is 44.4 Å². The van der Waals surface area contributed by atoms with Crippen LogP contribution in [0, 0.1) is 10.1 Å². The number of allylic oxidation sites excluding steroid dienone is 2. The van der Waals surface area contributed by atoms with Crippen LogP contribution in [0.2, 0.25) is 0 Å². The summed E-state index contributed by atoms with van der Waals surface area (Å²) in [4.78, 5) is 20.9. The van der Waals surface area contributed by atoms with E-state index in [1.165, 1.54) is 12.2 Å². The molecular formula is C10H12ClN2NaO4. The largest absolute Gasteiger partial charge is 1.00 e. The Kier molecular flexibility index (Phi) is 7.09. The van der Waals surface area contributed by atoms with Crippen molar-refractivity contribution >= 4 is 17.6 Å². The zero-order valence-electron chi connectivity index (χ0n) is 10.2. The fourth-order valence-corrected chi connectivity index (χ4v) is 1.87. The molecule has 1 aliphatic rings. The summed E-state index contributed by atoms with van der Waals surface area (Å²) in [5.74, 6) is -1.39. The van der Waals surface area contributed by atoms with Gasteiger partial charge >= 0.3 is 29.6 Å². The fourth-order valence-electron chi connectivity index (χ4n) is 1.60. The summed E-state index contributed by atoms with van der Waals surface area (Å²) in [5.41, 5.74) is -0.982. The van der Waals surface area contributed by atoms with Gasteiger partial charge in [0.25, 0.3) is 5.66 Å². The van der Waals surface area contributed by atoms with Crippen LogP contribution < -0.4 is 40.0 Å². The molecular weight excluding hydrogens is 271 g/mol. The fraction of sp³-hybridized carbons (Fsp3) is 0.500. The van der Waals surface area contributed by atoms with Crippen molar-refractivity contribution in [3.8, 4) is 0 Å². The van der Waals surface area contributed by atoms with Crippen LogP contribution in [0.25, 0.3) is 0 Å². The summed E-state index contributed by atoms with van der Waals surface area (Å²) < 4.78 is 0. The Hall–Kier alpha value is -0.400. The van der Waals surface area contributed by atoms with Crippen LogP contribution in [0.3, 0.4) is 0 Å². The second kappa shape index (κ2) is 7.25. The molecule has 6 nitrogen and oxygen atoms in total. The third kappa shape index (κ3) is 4.07. The first-order valence-electron chi connectivity index (χ1n) is 5.08. The van der Waals surface area contributed by atoms with Crippen LogP contribution >= 0.6 is 11.6 Å². The van der Waals surface area contributed by atoms with Gasteiger partial charge in [-0.1, -0.05) is 24.6 Å². The molecule has 1 atom stereocenters. The maximum Gasteiger partial charge on any atom is 1.00 e. The minimum atomic E-state index is -1.61. The predicted molar refractivity (Wildman–Crippen MR) is 59.7 cm³/mol. The molecule has 0 bridgehead atoms. The molecule has 18 heavy (non-hydrogen) atoms. The maximum absolute atomic E-state index is 11.1. The van der Waals surface area contributed by atoms with E-state index in [4.69, 9.17) is 11.6 Å². The molecule has 0 heterocycles. The zero-order valence-corrected chi connectivity index (χ0v) is 13.0. The maximum atomic E-state index is 11.1. The first-order valence-corrected chi connectivity index (χ1v) is 5.46. The number of aliphatic carboxylic acids is 1. The molecule has 0 saturated heterocycles. The summed E-state index contributed by atoms with van der Waals surface area (Å²) in [5, 5.41) is 24.3. The Morgan fingerprint density at radius 2 is 2.28 bits per heavy atom. The number of halogens is 1. The monoisotopic (exact) mass is 282 g/mol. The van der Waals surface area contributed by atoms with Gasteiger partial charge in [0.2, 0.25) is 0 Å². The van der Waals surface area contributed by atoms with Crippen LogP contribution in [0.1, 0.15) is 19.8 Å². The molecule has 0 spiro atoms. The van der Waals surface area contributed by atoms with Gasteiger partial charge in [0, 0.05) is 22.6 Å². The van der Waals surface area contributed by atoms with Gasteiger partial charge in [0.05, 0.1) is 12.4 Å². The minimum absolute atomic E-state index is 0. The van der Waals surface area contributed by atoms with E-state index in [0.29, 0.717) is 17.0 Å². The standard InChI is InChI=1S/C10H13ClN2O4.Na/c1-2-7-5-10(13(16)17,4-3-8(7)11)12-6-9(14)15;/h3,5,12H,2,4,6H2,1H3,(H,14,15);/q;+1/p-1. The van der Waals surface area contributed by atoms with Gasteiger partial charge in [0.1, 0.15) is 0 Å². The predicted octanol–water partition coefficient (Wildman–Crippen LogP) is -2.83. The van der Waals surface area contributed by atoms with E-state index in [9.17, 15) is 20.0 Å². The van der Waals surface area contributed by atoms with Crippen LogP contribution in [0.4, 0.5) is 0 Å². The normalized spacial score (nSPS) is 22.6. The molecule has 1 rings (SSSR count). The van der Waals surface area contributed by atoms with Crippen LogP contribution in [0.5, 0.6) is 0 Å². The van der Waals surface area contributed by atoms with Crippen molar-refractivity contribution in [1.82, 2.24) is 5.32 Å². The summed E-state index contributed by atoms with van der Waals surface area (Å²) in [7, 11) is 0. The van der Waals surface area contributed by atoms with Gasteiger partial charge in [-0.25, -0.2) is 5.32 Å². The Labute approximate surface area is 132 Å². The SMILES string of the molecule is CCC1=CC(NCC(=O)[O-])([N+](=O)[O-])CC=C1Cl.[Na+]. The van der Waals surface area contributed by atoms with E-state index in [2.05, 4.69) is 5.32 Å². The van der Waals surface area contributed by atoms with Crippen molar-refractivity contribution in [3.63, 3.8) is 0 Å². The Bertz CT molecular complexity index is 411. The van der Waals surface area contributed by atoms with Crippen molar-refractivity contribution in [3.05, 3.63) is 32.9 Å². The number of carboxylic acid groups (broad SMARTS) is 1. The average Bonchev–Trinajstić information content (AvgIpc) is 2.28. The smallest absolute Gasteiger partial charge is 0.549 e. The van der Waals surface area contributed by atoms with Gasteiger partial charge in [0.15, 0.2) is 0 Å². The molecule has 8 heteroatoms. The number of carbonyl (C=O) groups is 1. The minimum Gasteiger partial charge on any atom is -0.549 e. The zero-order chi connectivity index (χ0) is 13.1. The van der Waals surface area contributed by atoms with Gasteiger partial charge in [-0.3, -0.25) is 10.1 Å². The van der Waals surface area contributed by atoms with Crippen LogP contribution in [-0.4, -0.2) is 23.1 Å². The molecule has 94 valence electrons. The molecule has 0 fully saturated rings. The van der Waals surface area contributed by atoms with Crippen LogP contribution in [0.15, 0.2) is 22.8 Å². The quantitative estimate of drug-likeness (QED) is 0.254. The number of nitro groups is 1. The second-order valence-corrected chi connectivity index (χ2v) is 4.09. The van der Waals surface area contributed by atoms with Gasteiger partial charge in [-0.05, 0) is 12.0 Å². The number of hydrogen-bond donors (Lipinski definition) is 1. The van der Waals surface area contributed by atoms with Gasteiger partial charge in [-0.2, -0.15) is 0 Å². The molecule has 0 aromatic heterocycles. The Morgan fingerprint density at radius 3 is 2.72 bits per heavy atom. The van der Waals surface area contributed by atoms with Gasteiger partial charge in [-0.15, -0.1) is 0 Å². The molecule has 0 saturated carbocycles. The third-order valence-corrected chi connectivity index (χ3v) is 2.95. The first kappa shape index (κ1) is 17.6. The number of nitrogens with one attached hydrogen (secondary N) is 1. The molecule has 0 aromatic carbocycles. The van der Waals surface area contributed by atoms with Crippen molar-refractivity contribution in [2.75, 3.05) is 6.54 Å². The van der Waals surface area contributed by atoms with E-state index >= 15 is 0 Å². The first-order chi connectivity index (χ1) is 7.91. The molecule has 0 amide bonds. The number of carboxylic acids is 1. The summed E-state index contributed by atoms with van der Waals surface area (Å²) in [6, 6.07) is 0. The molecule has 0 aliphatic heterocycles. The second-order valence-electron chi connectivity index (χ2n) is 3.69. The molecule has 1 N–H and O–H groups in total. The molecule has 0 radical (unpaired) electrons. The summed E-state index contributed by atoms with van der Waals surface area (Å²) >= 11 is 5.89. The van der Waals surface area contributed by atoms with Gasteiger partial charge < -0.3 is 9.90 Å². The summed E-state index contributed by atoms with van der Waals surface area (Å²) in [6.45, 7) is 1.23. The number of nitrogens with zero attached hydrogens (tertiary/aromatic N) is 1. The number of carbonyl (C=O) groups excluding carboxylic acids is 1. The van der Waals surface area contributed by atoms with E-state index in [1.807, 2.05) is 6.92 Å². The average molecular weight is 283 g/mol. The topological polar surface area (TPSA) is 95.3 Å². The third-order valence-electron chi connectivity index (χ3n) is 2.56. The summed E-state index contributed by atoms with van der Waals surface area (Å²) in [6.07, 6.45) is 3.44. The Balaban J connectivity index is 0.00000289. The van der Waals surface area contributed by atoms with Crippen molar-refractivity contribution in [1.29, 1.82) is 0 Å². The molecule has 1 unspecified atom stereocenters. The Morgan fingerprint density at radius 1 is 1.67 bits per heavy atom. The number of rotatable bonds is 5. The van der Waals surface area contributed by atoms with Crippen LogP contribution in [-0.2, 0) is 4.79 Å². The molecule has 0 aromatic rings. The van der Waals surface area contributed by atoms with E-state index in [-0.39, 0.29) is 36.0 Å². The van der Waals surface area contributed by atoms with E-state index in [1.54, 1.807) is 0 Å². The van der Waals surface area contributed by atoms with E-state index < -0.39 is 23.1 Å². The van der Waals surface area contributed by atoms with Crippen molar-refractivity contribution in [2.24, 2.45) is 0 Å².